The molecule has 0 saturated heterocycles. The lowest BCUT2D eigenvalue weighted by Crippen LogP contribution is -2.83. The van der Waals surface area contributed by atoms with Crippen LogP contribution in [0.4, 0.5) is 0 Å². The van der Waals surface area contributed by atoms with E-state index in [9.17, 15) is 0 Å². The van der Waals surface area contributed by atoms with Crippen LogP contribution in [0.15, 0.2) is 109 Å². The van der Waals surface area contributed by atoms with Crippen molar-refractivity contribution in [2.75, 3.05) is 0 Å². The van der Waals surface area contributed by atoms with Crippen molar-refractivity contribution in [1.82, 2.24) is 0 Å². The highest BCUT2D eigenvalue weighted by Crippen LogP contribution is 2.29. The molecule has 1 aromatic heterocycles. The molecule has 0 bridgehead atoms. The molecule has 29 heavy (non-hydrogen) atoms. The second-order valence-electron chi connectivity index (χ2n) is 7.54. The molecule has 2 nitrogen and oxygen atoms in total. The molecule has 0 fully saturated rings. The van der Waals surface area contributed by atoms with E-state index in [4.69, 9.17) is 16.3 Å². The van der Waals surface area contributed by atoms with Crippen molar-refractivity contribution >= 4 is 29.0 Å². The summed E-state index contributed by atoms with van der Waals surface area (Å²) in [6.07, 6.45) is 2.90. The fourth-order valence-corrected chi connectivity index (χ4v) is 4.66. The normalized spacial score (nSPS) is 17.5. The molecule has 0 N–H and O–H groups in total. The van der Waals surface area contributed by atoms with E-state index in [-0.39, 0.29) is 6.10 Å². The molecule has 0 aliphatic carbocycles. The van der Waals surface area contributed by atoms with E-state index in [0.717, 1.165) is 27.9 Å². The third-order valence-electron chi connectivity index (χ3n) is 5.87. The molecular weight excluding hydrogens is 377 g/mol. The predicted molar refractivity (Wildman–Crippen MR) is 119 cm³/mol. The molecule has 0 spiro atoms. The average Bonchev–Trinajstić information content (AvgIpc) is 2.80. The molecule has 0 unspecified atom stereocenters. The highest BCUT2D eigenvalue weighted by molar-refractivity contribution is 6.90. The predicted octanol–water partition coefficient (Wildman–Crippen LogP) is 4.05. The van der Waals surface area contributed by atoms with Gasteiger partial charge in [-0.1, -0.05) is 101 Å². The highest BCUT2D eigenvalue weighted by atomic mass is 35.5. The number of hydrogen-bond donors (Lipinski definition) is 0. The minimum absolute atomic E-state index is 0.0601. The minimum Gasteiger partial charge on any atom is -0.518 e. The lowest BCUT2D eigenvalue weighted by Gasteiger charge is -2.44. The van der Waals surface area contributed by atoms with Crippen LogP contribution in [-0.2, 0) is 11.1 Å². The molecule has 0 amide bonds. The summed E-state index contributed by atoms with van der Waals surface area (Å²) in [7, 11) is 0. The second kappa shape index (κ2) is 7.51. The Morgan fingerprint density at radius 1 is 0.724 bits per heavy atom. The van der Waals surface area contributed by atoms with Crippen LogP contribution in [0.25, 0.3) is 0 Å². The van der Waals surface area contributed by atoms with Crippen molar-refractivity contribution in [3.8, 4) is 0 Å². The van der Waals surface area contributed by atoms with Gasteiger partial charge in [-0.2, -0.15) is 0 Å². The van der Waals surface area contributed by atoms with E-state index in [0.29, 0.717) is 0 Å². The standard InChI is InChI=1S/C25H21BClNO/c27-23-16-14-20(15-17-23)25-19-24-13-7-8-18-28(24)26(29-25,21-9-3-1-4-10-21)22-11-5-2-6-12-22/h1-18,25H,19H2/t25-/m0/s1. The Labute approximate surface area is 176 Å². The van der Waals surface area contributed by atoms with Gasteiger partial charge in [0.05, 0.1) is 12.5 Å². The molecule has 2 heterocycles. The number of benzene rings is 3. The molecule has 142 valence electrons. The van der Waals surface area contributed by atoms with Gasteiger partial charge >= 0.3 is 6.48 Å². The Hall–Kier alpha value is -2.88. The maximum Gasteiger partial charge on any atom is 0.463 e. The van der Waals surface area contributed by atoms with Crippen molar-refractivity contribution in [2.45, 2.75) is 12.5 Å². The van der Waals surface area contributed by atoms with Gasteiger partial charge in [0.15, 0.2) is 0 Å². The molecule has 4 heteroatoms. The number of rotatable bonds is 3. The zero-order valence-electron chi connectivity index (χ0n) is 16.0. The van der Waals surface area contributed by atoms with E-state index in [1.165, 1.54) is 5.69 Å². The summed E-state index contributed by atoms with van der Waals surface area (Å²) in [5, 5.41) is 0.738. The van der Waals surface area contributed by atoms with Crippen LogP contribution in [-0.4, -0.2) is 6.48 Å². The van der Waals surface area contributed by atoms with Crippen LogP contribution in [0, 0.1) is 0 Å². The molecule has 0 radical (unpaired) electrons. The number of halogens is 1. The molecule has 0 saturated carbocycles. The zero-order chi connectivity index (χ0) is 19.7. The Bertz CT molecular complexity index is 1080. The fraction of sp³-hybridized carbons (Fsp3) is 0.0800. The first-order valence-electron chi connectivity index (χ1n) is 9.96. The summed E-state index contributed by atoms with van der Waals surface area (Å²) >= 11 is 6.14. The molecule has 1 aliphatic rings. The summed E-state index contributed by atoms with van der Waals surface area (Å²) in [5.41, 5.74) is 4.72. The highest BCUT2D eigenvalue weighted by Gasteiger charge is 2.48. The second-order valence-corrected chi connectivity index (χ2v) is 7.98. The van der Waals surface area contributed by atoms with Gasteiger partial charge in [-0.3, -0.25) is 0 Å². The lowest BCUT2D eigenvalue weighted by atomic mass is 9.40. The molecule has 3 aromatic carbocycles. The average molecular weight is 398 g/mol. The van der Waals surface area contributed by atoms with Crippen molar-refractivity contribution in [1.29, 1.82) is 0 Å². The van der Waals surface area contributed by atoms with Crippen LogP contribution in [0.3, 0.4) is 0 Å². The van der Waals surface area contributed by atoms with Crippen LogP contribution in [0.2, 0.25) is 5.02 Å². The number of aromatic nitrogens is 1. The summed E-state index contributed by atoms with van der Waals surface area (Å²) < 4.78 is 9.41. The lowest BCUT2D eigenvalue weighted by molar-refractivity contribution is -0.574. The first-order valence-corrected chi connectivity index (χ1v) is 10.3. The topological polar surface area (TPSA) is 13.1 Å². The van der Waals surface area contributed by atoms with Crippen LogP contribution in [0.1, 0.15) is 17.4 Å². The van der Waals surface area contributed by atoms with E-state index in [2.05, 4.69) is 89.5 Å². The van der Waals surface area contributed by atoms with Gasteiger partial charge in [-0.25, -0.2) is 0 Å². The number of fused-ring (bicyclic) bond motifs is 1. The van der Waals surface area contributed by atoms with Crippen molar-refractivity contribution < 1.29 is 9.13 Å². The summed E-state index contributed by atoms with van der Waals surface area (Å²) in [4.78, 5) is 0. The smallest absolute Gasteiger partial charge is 0.463 e. The fourth-order valence-electron chi connectivity index (χ4n) is 4.53. The minimum atomic E-state index is -1.64. The van der Waals surface area contributed by atoms with Crippen LogP contribution >= 0.6 is 11.6 Å². The summed E-state index contributed by atoms with van der Waals surface area (Å²) in [5.74, 6) is 0. The summed E-state index contributed by atoms with van der Waals surface area (Å²) in [6.45, 7) is -1.64. The maximum atomic E-state index is 7.08. The third-order valence-corrected chi connectivity index (χ3v) is 6.12. The van der Waals surface area contributed by atoms with E-state index in [1.807, 2.05) is 24.3 Å². The van der Waals surface area contributed by atoms with Crippen molar-refractivity contribution in [3.63, 3.8) is 0 Å². The van der Waals surface area contributed by atoms with E-state index >= 15 is 0 Å². The molecular formula is C25H21BClNO. The van der Waals surface area contributed by atoms with Gasteiger partial charge in [0.2, 0.25) is 0 Å². The molecule has 5 rings (SSSR count). The van der Waals surface area contributed by atoms with E-state index in [1.54, 1.807) is 0 Å². The van der Waals surface area contributed by atoms with Gasteiger partial charge in [-0.15, -0.1) is 0 Å². The Morgan fingerprint density at radius 3 is 1.93 bits per heavy atom. The van der Waals surface area contributed by atoms with Gasteiger partial charge < -0.3 is 9.13 Å². The Kier molecular flexibility index (Phi) is 4.71. The first kappa shape index (κ1) is 18.2. The third kappa shape index (κ3) is 3.17. The van der Waals surface area contributed by atoms with Gasteiger partial charge in [-0.05, 0) is 23.8 Å². The van der Waals surface area contributed by atoms with E-state index < -0.39 is 6.48 Å². The number of hydrogen-bond acceptors (Lipinski definition) is 1. The van der Waals surface area contributed by atoms with Gasteiger partial charge in [0.25, 0.3) is 0 Å². The monoisotopic (exact) mass is 397 g/mol. The largest absolute Gasteiger partial charge is 0.518 e. The maximum absolute atomic E-state index is 7.08. The van der Waals surface area contributed by atoms with Gasteiger partial charge in [0, 0.05) is 11.1 Å². The Balaban J connectivity index is 1.77. The van der Waals surface area contributed by atoms with Crippen molar-refractivity contribution in [3.05, 3.63) is 126 Å². The molecule has 1 aliphatic heterocycles. The number of pyridine rings is 1. The van der Waals surface area contributed by atoms with Crippen molar-refractivity contribution in [2.24, 2.45) is 0 Å². The molecule has 1 atom stereocenters. The number of nitrogens with zero attached hydrogens (tertiary/aromatic N) is 1. The SMILES string of the molecule is Clc1ccc([C@@H]2Cc3cccc[n+]3[B-](c3ccccc3)(c3ccccc3)O2)cc1. The van der Waals surface area contributed by atoms with Crippen LogP contribution < -0.4 is 15.4 Å². The van der Waals surface area contributed by atoms with Crippen LogP contribution in [0.5, 0.6) is 0 Å². The molecule has 4 aromatic rings. The zero-order valence-corrected chi connectivity index (χ0v) is 16.7. The summed E-state index contributed by atoms with van der Waals surface area (Å²) in [6, 6.07) is 35.5. The first-order chi connectivity index (χ1) is 14.3. The Morgan fingerprint density at radius 2 is 1.31 bits per heavy atom. The van der Waals surface area contributed by atoms with Gasteiger partial charge in [0.1, 0.15) is 11.9 Å². The quantitative estimate of drug-likeness (QED) is 0.475.